The summed E-state index contributed by atoms with van der Waals surface area (Å²) < 4.78 is 5.50. The second-order valence-electron chi connectivity index (χ2n) is 4.74. The number of fused-ring (bicyclic) bond motifs is 3. The van der Waals surface area contributed by atoms with Gasteiger partial charge in [0.25, 0.3) is 0 Å². The van der Waals surface area contributed by atoms with Crippen LogP contribution in [0.25, 0.3) is 0 Å². The van der Waals surface area contributed by atoms with Crippen LogP contribution in [0.2, 0.25) is 0 Å². The van der Waals surface area contributed by atoms with Crippen molar-refractivity contribution in [3.63, 3.8) is 0 Å². The molecule has 3 rings (SSSR count). The third-order valence-corrected chi connectivity index (χ3v) is 3.60. The summed E-state index contributed by atoms with van der Waals surface area (Å²) in [5.41, 5.74) is 6.34. The van der Waals surface area contributed by atoms with E-state index in [1.54, 1.807) is 0 Å². The maximum absolute atomic E-state index is 7.93. The van der Waals surface area contributed by atoms with Gasteiger partial charge in [0.05, 0.1) is 6.04 Å². The minimum atomic E-state index is 0. The summed E-state index contributed by atoms with van der Waals surface area (Å²) in [6.07, 6.45) is 7.19. The van der Waals surface area contributed by atoms with Crippen LogP contribution < -0.4 is 62.0 Å². The minimum absolute atomic E-state index is 0. The fourth-order valence-electron chi connectivity index (χ4n) is 2.66. The molecule has 2 aliphatic rings. The zero-order valence-electron chi connectivity index (χ0n) is 11.1. The summed E-state index contributed by atoms with van der Waals surface area (Å²) in [4.78, 5) is 10.3. The molecule has 0 aliphatic carbocycles. The van der Waals surface area contributed by atoms with Gasteiger partial charge in [-0.15, -0.1) is 0 Å². The Hall–Kier alpha value is -0.214. The molecule has 1 aromatic heterocycles. The van der Waals surface area contributed by atoms with Gasteiger partial charge in [0.1, 0.15) is 6.61 Å². The van der Waals surface area contributed by atoms with Crippen LogP contribution in [0.5, 0.6) is 0 Å². The van der Waals surface area contributed by atoms with E-state index in [0.29, 0.717) is 18.0 Å². The van der Waals surface area contributed by atoms with Crippen molar-refractivity contribution in [2.24, 2.45) is 0 Å². The van der Waals surface area contributed by atoms with Crippen LogP contribution in [-0.2, 0) is 4.74 Å². The number of ether oxygens (including phenoxy) is 1. The zero-order valence-corrected chi connectivity index (χ0v) is 14.3. The Bertz CT molecular complexity index is 481. The van der Waals surface area contributed by atoms with Gasteiger partial charge in [-0.1, -0.05) is 12.8 Å². The number of rotatable bonds is 0. The van der Waals surface area contributed by atoms with Gasteiger partial charge in [-0.25, -0.2) is 0 Å². The van der Waals surface area contributed by atoms with Gasteiger partial charge in [0.15, 0.2) is 5.90 Å². The number of aromatic nitrogens is 2. The smallest absolute Gasteiger partial charge is 0.477 e. The summed E-state index contributed by atoms with van der Waals surface area (Å²) >= 11 is 0. The summed E-state index contributed by atoms with van der Waals surface area (Å²) in [5, 5.41) is 7.93. The largest absolute Gasteiger partial charge is 1.00 e. The number of nitrogen functional groups attached to an aromatic ring is 1. The molecule has 1 saturated heterocycles. The Kier molecular flexibility index (Phi) is 5.19. The van der Waals surface area contributed by atoms with Crippen molar-refractivity contribution in [1.82, 2.24) is 9.97 Å². The van der Waals surface area contributed by atoms with Crippen LogP contribution in [0.3, 0.4) is 0 Å². The van der Waals surface area contributed by atoms with Crippen molar-refractivity contribution in [2.75, 3.05) is 23.8 Å². The molecule has 0 amide bonds. The summed E-state index contributed by atoms with van der Waals surface area (Å²) in [6, 6.07) is 0.275. The number of hydrogen-bond acceptors (Lipinski definition) is 6. The molecule has 19 heavy (non-hydrogen) atoms. The monoisotopic (exact) mass is 285 g/mol. The third-order valence-electron chi connectivity index (χ3n) is 3.60. The van der Waals surface area contributed by atoms with Gasteiger partial charge in [-0.3, -0.25) is 5.41 Å². The van der Waals surface area contributed by atoms with Crippen molar-refractivity contribution in [1.29, 1.82) is 5.41 Å². The van der Waals surface area contributed by atoms with Crippen LogP contribution in [0.1, 0.15) is 31.2 Å². The summed E-state index contributed by atoms with van der Waals surface area (Å²) in [6.45, 7) is 1.45. The maximum atomic E-state index is 7.93. The van der Waals surface area contributed by atoms with E-state index in [-0.39, 0.29) is 69.1 Å². The third kappa shape index (κ3) is 2.95. The molecule has 0 saturated carbocycles. The fraction of sp³-hybridized carbons (Fsp3) is 0.583. The first-order valence-corrected chi connectivity index (χ1v) is 6.29. The van der Waals surface area contributed by atoms with E-state index in [1.807, 2.05) is 0 Å². The first-order valence-electron chi connectivity index (χ1n) is 6.29. The Morgan fingerprint density at radius 1 is 1.32 bits per heavy atom. The molecule has 2 aliphatic heterocycles. The van der Waals surface area contributed by atoms with Crippen LogP contribution in [-0.4, -0.2) is 35.1 Å². The Morgan fingerprint density at radius 3 is 3.00 bits per heavy atom. The van der Waals surface area contributed by atoms with Crippen LogP contribution in [0.4, 0.5) is 11.6 Å². The molecule has 1 fully saturated rings. The molecule has 0 aromatic carbocycles. The molecule has 96 valence electrons. The van der Waals surface area contributed by atoms with Crippen molar-refractivity contribution >= 4 is 17.5 Å². The fourth-order valence-corrected chi connectivity index (χ4v) is 2.66. The predicted molar refractivity (Wildman–Crippen MR) is 67.7 cm³/mol. The van der Waals surface area contributed by atoms with E-state index in [2.05, 4.69) is 21.2 Å². The topological polar surface area (TPSA) is 88.1 Å². The Morgan fingerprint density at radius 2 is 2.16 bits per heavy atom. The number of nitrogens with one attached hydrogen (secondary N) is 1. The van der Waals surface area contributed by atoms with Gasteiger partial charge in [-0.05, 0) is 12.8 Å². The van der Waals surface area contributed by atoms with Crippen LogP contribution >= 0.6 is 0 Å². The first kappa shape index (κ1) is 15.2. The Balaban J connectivity index is 0.00000133. The number of anilines is 2. The molecule has 0 bridgehead atoms. The quantitative estimate of drug-likeness (QED) is 0.424. The molecule has 7 heteroatoms. The molecule has 0 spiro atoms. The van der Waals surface area contributed by atoms with Gasteiger partial charge in [-0.2, -0.15) is 0 Å². The Labute approximate surface area is 155 Å². The molecule has 1 unspecified atom stereocenters. The molecule has 3 heterocycles. The van der Waals surface area contributed by atoms with E-state index in [9.17, 15) is 0 Å². The van der Waals surface area contributed by atoms with Crippen molar-refractivity contribution in [3.8, 4) is 0 Å². The predicted octanol–water partition coefficient (Wildman–Crippen LogP) is -2.03. The normalized spacial score (nSPS) is 22.2. The molecule has 3 N–H and O–H groups in total. The van der Waals surface area contributed by atoms with Crippen LogP contribution in [0.15, 0.2) is 0 Å². The van der Waals surface area contributed by atoms with Gasteiger partial charge < -0.3 is 25.3 Å². The molecular formula is C12H16KN5O. The van der Waals surface area contributed by atoms with E-state index in [0.717, 1.165) is 19.4 Å². The molecule has 0 radical (unpaired) electrons. The number of hydrogen-bond donors (Lipinski definition) is 2. The molecule has 6 nitrogen and oxygen atoms in total. The SMILES string of the molecule is N=C1OCC2CCCCCN2c2n[c-]nc(N)c21.[K+]. The van der Waals surface area contributed by atoms with Gasteiger partial charge in [0.2, 0.25) is 0 Å². The number of nitrogens with zero attached hydrogens (tertiary/aromatic N) is 3. The van der Waals surface area contributed by atoms with Crippen LogP contribution in [0, 0.1) is 11.7 Å². The zero-order chi connectivity index (χ0) is 12.5. The second kappa shape index (κ2) is 6.49. The average molecular weight is 285 g/mol. The van der Waals surface area contributed by atoms with Crippen molar-refractivity contribution in [2.45, 2.75) is 31.7 Å². The summed E-state index contributed by atoms with van der Waals surface area (Å²) in [5.74, 6) is 1.05. The molecule has 1 aromatic rings. The van der Waals surface area contributed by atoms with Gasteiger partial charge in [0, 0.05) is 30.1 Å². The number of nitrogens with two attached hydrogens (primary N) is 1. The maximum Gasteiger partial charge on any atom is 1.00 e. The van der Waals surface area contributed by atoms with E-state index < -0.39 is 0 Å². The molecule has 1 atom stereocenters. The van der Waals surface area contributed by atoms with Crippen molar-refractivity contribution in [3.05, 3.63) is 11.9 Å². The average Bonchev–Trinajstić information content (AvgIpc) is 2.66. The van der Waals surface area contributed by atoms with E-state index >= 15 is 0 Å². The molecular weight excluding hydrogens is 269 g/mol. The van der Waals surface area contributed by atoms with E-state index in [4.69, 9.17) is 15.9 Å². The first-order chi connectivity index (χ1) is 8.77. The van der Waals surface area contributed by atoms with E-state index in [1.165, 1.54) is 12.8 Å². The summed E-state index contributed by atoms with van der Waals surface area (Å²) in [7, 11) is 0. The van der Waals surface area contributed by atoms with Gasteiger partial charge >= 0.3 is 51.4 Å². The standard InChI is InChI=1S/C12H16N5O.K/c13-10-9-11(14)18-6-8-4-2-1-3-5-17(8)12(9)16-7-15-10;/h8,14H,1-6H2,(H2,13,15,16);/q-1;+1. The minimum Gasteiger partial charge on any atom is -0.477 e. The van der Waals surface area contributed by atoms with Crippen molar-refractivity contribution < 1.29 is 56.1 Å². The second-order valence-corrected chi connectivity index (χ2v) is 4.74.